The van der Waals surface area contributed by atoms with Gasteiger partial charge in [-0.05, 0) is 32.9 Å². The average Bonchev–Trinajstić information content (AvgIpc) is 2.47. The van der Waals surface area contributed by atoms with E-state index in [0.29, 0.717) is 5.30 Å². The highest BCUT2D eigenvalue weighted by Gasteiger charge is 2.26. The minimum Gasteiger partial charge on any atom is -0.317 e. The quantitative estimate of drug-likeness (QED) is 0.562. The molecule has 1 atom stereocenters. The van der Waals surface area contributed by atoms with Crippen LogP contribution in [0.4, 0.5) is 0 Å². The Balaban J connectivity index is 3.17. The highest BCUT2D eigenvalue weighted by molar-refractivity contribution is 7.72. The lowest BCUT2D eigenvalue weighted by molar-refractivity contribution is 0.230. The van der Waals surface area contributed by atoms with Crippen LogP contribution in [0.1, 0.15) is 20.8 Å². The van der Waals surface area contributed by atoms with E-state index < -0.39 is 15.0 Å². The molecule has 0 aromatic heterocycles. The summed E-state index contributed by atoms with van der Waals surface area (Å²) in [6.45, 7) is 5.71. The van der Waals surface area contributed by atoms with Crippen molar-refractivity contribution in [1.82, 2.24) is 0 Å². The Morgan fingerprint density at radius 1 is 0.857 bits per heavy atom. The largest absolute Gasteiger partial charge is 0.406 e. The van der Waals surface area contributed by atoms with Crippen molar-refractivity contribution in [2.75, 3.05) is 19.8 Å². The van der Waals surface area contributed by atoms with Crippen molar-refractivity contribution in [3.8, 4) is 11.3 Å². The molecule has 1 rings (SSSR count). The Morgan fingerprint density at radius 3 is 1.86 bits per heavy atom. The molecule has 7 heteroatoms. The third-order valence-corrected chi connectivity index (χ3v) is 6.10. The summed E-state index contributed by atoms with van der Waals surface area (Å²) in [6.07, 6.45) is 0. The van der Waals surface area contributed by atoms with Crippen molar-refractivity contribution in [3.05, 3.63) is 30.3 Å². The predicted octanol–water partition coefficient (Wildman–Crippen LogP) is 3.81. The minimum atomic E-state index is -3.57. The van der Waals surface area contributed by atoms with Gasteiger partial charge >= 0.3 is 15.0 Å². The molecule has 0 aliphatic heterocycles. The Kier molecular flexibility index (Phi) is 7.39. The van der Waals surface area contributed by atoms with Crippen molar-refractivity contribution in [2.24, 2.45) is 0 Å². The summed E-state index contributed by atoms with van der Waals surface area (Å²) in [5.74, 6) is 0. The van der Waals surface area contributed by atoms with Crippen molar-refractivity contribution in [1.29, 1.82) is 0 Å². The maximum atomic E-state index is 12.8. The first kappa shape index (κ1) is 18.2. The molecule has 0 aliphatic carbocycles. The molecule has 5 nitrogen and oxygen atoms in total. The zero-order valence-corrected chi connectivity index (χ0v) is 14.2. The molecule has 21 heavy (non-hydrogen) atoms. The van der Waals surface area contributed by atoms with Crippen LogP contribution in [-0.4, -0.2) is 19.8 Å². The molecule has 0 aliphatic rings. The lowest BCUT2D eigenvalue weighted by Gasteiger charge is -2.13. The van der Waals surface area contributed by atoms with Crippen LogP contribution in [0.5, 0.6) is 0 Å². The normalized spacial score (nSPS) is 14.0. The van der Waals surface area contributed by atoms with Gasteiger partial charge in [-0.1, -0.05) is 18.2 Å². The van der Waals surface area contributed by atoms with Crippen LogP contribution in [0.3, 0.4) is 0 Å². The summed E-state index contributed by atoms with van der Waals surface area (Å²) in [6, 6.07) is 8.62. The van der Waals surface area contributed by atoms with Crippen LogP contribution in [0.25, 0.3) is 0 Å². The summed E-state index contributed by atoms with van der Waals surface area (Å²) in [7, 11) is -6.98. The molecule has 0 N–H and O–H groups in total. The molecular formula is C14H20O5P2. The van der Waals surface area contributed by atoms with Gasteiger partial charge in [-0.3, -0.25) is 13.6 Å². The van der Waals surface area contributed by atoms with Crippen molar-refractivity contribution in [2.45, 2.75) is 20.8 Å². The maximum Gasteiger partial charge on any atom is 0.406 e. The summed E-state index contributed by atoms with van der Waals surface area (Å²) in [4.78, 5) is 0. The maximum absolute atomic E-state index is 12.8. The molecule has 0 amide bonds. The highest BCUT2D eigenvalue weighted by Crippen LogP contribution is 2.50. The van der Waals surface area contributed by atoms with Gasteiger partial charge in [0.1, 0.15) is 0 Å². The molecule has 1 aromatic rings. The monoisotopic (exact) mass is 330 g/mol. The second-order valence-corrected chi connectivity index (χ2v) is 7.70. The highest BCUT2D eigenvalue weighted by atomic mass is 31.2. The molecule has 1 unspecified atom stereocenters. The second kappa shape index (κ2) is 8.54. The average molecular weight is 330 g/mol. The van der Waals surface area contributed by atoms with Gasteiger partial charge in [-0.25, -0.2) is 4.57 Å². The van der Waals surface area contributed by atoms with Crippen LogP contribution in [0.2, 0.25) is 0 Å². The van der Waals surface area contributed by atoms with Gasteiger partial charge in [0.05, 0.1) is 19.8 Å². The van der Waals surface area contributed by atoms with E-state index >= 15 is 0 Å². The fourth-order valence-corrected chi connectivity index (χ4v) is 4.72. The van der Waals surface area contributed by atoms with E-state index in [1.165, 1.54) is 0 Å². The van der Waals surface area contributed by atoms with E-state index in [9.17, 15) is 9.13 Å². The summed E-state index contributed by atoms with van der Waals surface area (Å²) in [5, 5.41) is 0.457. The van der Waals surface area contributed by atoms with E-state index in [2.05, 4.69) is 11.3 Å². The van der Waals surface area contributed by atoms with Crippen molar-refractivity contribution >= 4 is 20.3 Å². The van der Waals surface area contributed by atoms with E-state index in [0.717, 1.165) is 0 Å². The molecule has 0 bridgehead atoms. The van der Waals surface area contributed by atoms with Gasteiger partial charge in [0.2, 0.25) is 0 Å². The Hall–Kier alpha value is -0.880. The van der Waals surface area contributed by atoms with E-state index in [4.69, 9.17) is 13.6 Å². The molecule has 1 aromatic carbocycles. The molecule has 0 radical (unpaired) electrons. The number of benzene rings is 1. The zero-order chi connectivity index (χ0) is 15.8. The second-order valence-electron chi connectivity index (χ2n) is 3.86. The summed E-state index contributed by atoms with van der Waals surface area (Å²) < 4.78 is 40.6. The van der Waals surface area contributed by atoms with Crippen molar-refractivity contribution < 1.29 is 22.7 Å². The molecule has 0 saturated heterocycles. The number of hydrogen-bond acceptors (Lipinski definition) is 5. The van der Waals surface area contributed by atoms with E-state index in [-0.39, 0.29) is 19.8 Å². The summed E-state index contributed by atoms with van der Waals surface area (Å²) in [5.41, 5.74) is 4.89. The Labute approximate surface area is 126 Å². The lowest BCUT2D eigenvalue weighted by Crippen LogP contribution is -2.05. The van der Waals surface area contributed by atoms with E-state index in [1.807, 2.05) is 0 Å². The summed E-state index contributed by atoms with van der Waals surface area (Å²) >= 11 is 0. The first-order valence-electron chi connectivity index (χ1n) is 6.73. The van der Waals surface area contributed by atoms with Crippen LogP contribution >= 0.6 is 15.0 Å². The first-order chi connectivity index (χ1) is 9.99. The van der Waals surface area contributed by atoms with Gasteiger partial charge in [-0.2, -0.15) is 0 Å². The number of hydrogen-bond donors (Lipinski definition) is 0. The van der Waals surface area contributed by atoms with Gasteiger partial charge < -0.3 is 4.52 Å². The fraction of sp³-hybridized carbons (Fsp3) is 0.429. The van der Waals surface area contributed by atoms with Crippen LogP contribution in [0, 0.1) is 11.3 Å². The van der Waals surface area contributed by atoms with Gasteiger partial charge in [0.15, 0.2) is 0 Å². The molecule has 0 heterocycles. The van der Waals surface area contributed by atoms with Crippen LogP contribution < -0.4 is 5.30 Å². The third-order valence-electron chi connectivity index (χ3n) is 2.34. The van der Waals surface area contributed by atoms with Gasteiger partial charge in [0.25, 0.3) is 0 Å². The smallest absolute Gasteiger partial charge is 0.317 e. The first-order valence-corrected chi connectivity index (χ1v) is 9.90. The van der Waals surface area contributed by atoms with Crippen LogP contribution in [-0.2, 0) is 22.7 Å². The van der Waals surface area contributed by atoms with Crippen LogP contribution in [0.15, 0.2) is 30.3 Å². The topological polar surface area (TPSA) is 61.8 Å². The standard InChI is InChI=1S/C14H20O5P2/c1-4-17-20(15,14-10-8-7-9-11-14)12-13-21(16,18-5-2)19-6-3/h7-11H,4-6H2,1-3H3. The zero-order valence-electron chi connectivity index (χ0n) is 12.4. The SMILES string of the molecule is CCOP(=O)(C#CP(=O)(OCC)c1ccccc1)OCC. The molecule has 0 fully saturated rings. The lowest BCUT2D eigenvalue weighted by atomic mass is 10.4. The molecule has 116 valence electrons. The minimum absolute atomic E-state index is 0.191. The Bertz CT molecular complexity index is 578. The molecule has 0 spiro atoms. The predicted molar refractivity (Wildman–Crippen MR) is 83.9 cm³/mol. The van der Waals surface area contributed by atoms with Crippen molar-refractivity contribution in [3.63, 3.8) is 0 Å². The number of rotatable bonds is 7. The fourth-order valence-electron chi connectivity index (χ4n) is 1.55. The molecule has 0 saturated carbocycles. The van der Waals surface area contributed by atoms with Gasteiger partial charge in [0, 0.05) is 16.6 Å². The molecular weight excluding hydrogens is 310 g/mol. The van der Waals surface area contributed by atoms with Gasteiger partial charge in [-0.15, -0.1) is 0 Å². The Morgan fingerprint density at radius 2 is 1.38 bits per heavy atom. The van der Waals surface area contributed by atoms with E-state index in [1.54, 1.807) is 51.1 Å². The third kappa shape index (κ3) is 5.43.